The third-order valence-electron chi connectivity index (χ3n) is 26.6. The molecule has 11 fully saturated rings. The fourth-order valence-electron chi connectivity index (χ4n) is 20.3. The summed E-state index contributed by atoms with van der Waals surface area (Å²) in [6.45, 7) is 9.70. The lowest BCUT2D eigenvalue weighted by molar-refractivity contribution is -0.401. The van der Waals surface area contributed by atoms with E-state index >= 15 is 4.79 Å². The quantitative estimate of drug-likeness (QED) is 0.0344. The molecule has 0 aromatic carbocycles. The Morgan fingerprint density at radius 3 is 1.68 bits per heavy atom. The minimum absolute atomic E-state index is 0.00843. The van der Waals surface area contributed by atoms with Crippen molar-refractivity contribution in [3.05, 3.63) is 11.6 Å². The highest BCUT2D eigenvalue weighted by atomic mass is 16.8. The Hall–Kier alpha value is -2.15. The summed E-state index contributed by atoms with van der Waals surface area (Å²) in [4.78, 5) is 15.7. The zero-order valence-corrected chi connectivity index (χ0v) is 60.0. The summed E-state index contributed by atoms with van der Waals surface area (Å²) in [6.07, 6.45) is -52.9. The average Bonchev–Trinajstić information content (AvgIpc) is 1.62. The number of fused-ring (bicyclic) bond motifs is 7. The Bertz CT molecular complexity index is 3010. The van der Waals surface area contributed by atoms with Gasteiger partial charge in [0, 0.05) is 11.3 Å². The summed E-state index contributed by atoms with van der Waals surface area (Å²) in [5, 5.41) is 235. The molecule has 0 aromatic heterocycles. The first-order valence-electron chi connectivity index (χ1n) is 36.6. The Morgan fingerprint density at radius 1 is 0.476 bits per heavy atom. The molecule has 4 saturated carbocycles. The van der Waals surface area contributed by atoms with Crippen molar-refractivity contribution in [3.63, 3.8) is 0 Å². The number of hydrogen-bond donors (Lipinski definition) is 21. The minimum atomic E-state index is -2.15. The van der Waals surface area contributed by atoms with Gasteiger partial charge in [-0.3, -0.25) is 4.79 Å². The fourth-order valence-corrected chi connectivity index (χ4v) is 20.3. The van der Waals surface area contributed by atoms with Gasteiger partial charge in [0.15, 0.2) is 43.8 Å². The van der Waals surface area contributed by atoms with E-state index in [2.05, 4.69) is 33.8 Å². The number of ether oxygens (including phenoxy) is 14. The van der Waals surface area contributed by atoms with Crippen LogP contribution in [0.4, 0.5) is 0 Å². The highest BCUT2D eigenvalue weighted by Crippen LogP contribution is 2.76. The molecule has 42 atom stereocenters. The van der Waals surface area contributed by atoms with Crippen LogP contribution in [0.3, 0.4) is 0 Å². The van der Waals surface area contributed by atoms with E-state index in [9.17, 15) is 107 Å². The summed E-state index contributed by atoms with van der Waals surface area (Å²) in [5.74, 6) is -2.36. The standard InChI is InChI=1S/C69H112O36/c1-25-36(78)41(83)44(86)56(95-25)99-47-34(19-71)98-59(51(45(47)87)101-55-43(85)38(80)31(76)20-92-55)100-48-37(79)26(2)96-57(46(48)88)102-49-39(81)32(77)21-93-58(49)105-62(90)68-13-11-63(3,4)15-28(68)27-9-10-35-64(5)16-30(75)54(65(6,22-72)52(64)29(74)17-67(35,8)66(27,7)12-14-68)104-60-50(42(84)40(82)33(18-70)97-60)103-61-53(89)69(91,23-73)24-94-61/h9,25-26,28-61,70-89,91H,10-24H2,1-8H3. The van der Waals surface area contributed by atoms with E-state index in [-0.39, 0.29) is 30.6 Å². The monoisotopic (exact) mass is 1520 g/mol. The molecule has 604 valence electrons. The van der Waals surface area contributed by atoms with Crippen LogP contribution in [0.25, 0.3) is 0 Å². The van der Waals surface area contributed by atoms with Crippen molar-refractivity contribution in [2.75, 3.05) is 46.2 Å². The van der Waals surface area contributed by atoms with Gasteiger partial charge < -0.3 is 174 Å². The average molecular weight is 1520 g/mol. The molecular formula is C69H112O36. The summed E-state index contributed by atoms with van der Waals surface area (Å²) in [6, 6.07) is 0. The van der Waals surface area contributed by atoms with Crippen LogP contribution in [-0.2, 0) is 71.1 Å². The van der Waals surface area contributed by atoms with E-state index in [4.69, 9.17) is 66.3 Å². The third kappa shape index (κ3) is 14.0. The van der Waals surface area contributed by atoms with E-state index in [1.54, 1.807) is 6.92 Å². The van der Waals surface area contributed by atoms with E-state index in [1.165, 1.54) is 13.8 Å². The largest absolute Gasteiger partial charge is 0.432 e. The molecule has 5 aliphatic carbocycles. The molecule has 105 heavy (non-hydrogen) atoms. The maximum absolute atomic E-state index is 15.7. The number of allylic oxidation sites excluding steroid dienone is 2. The van der Waals surface area contributed by atoms with Gasteiger partial charge >= 0.3 is 5.97 Å². The van der Waals surface area contributed by atoms with Crippen molar-refractivity contribution in [2.45, 2.75) is 315 Å². The topological polar surface area (TPSA) is 571 Å². The molecule has 0 amide bonds. The zero-order valence-electron chi connectivity index (χ0n) is 60.0. The summed E-state index contributed by atoms with van der Waals surface area (Å²) < 4.78 is 84.0. The molecule has 12 rings (SSSR count). The Morgan fingerprint density at radius 2 is 1.03 bits per heavy atom. The van der Waals surface area contributed by atoms with Gasteiger partial charge in [-0.15, -0.1) is 0 Å². The van der Waals surface area contributed by atoms with Crippen molar-refractivity contribution < 1.29 is 178 Å². The molecular weight excluding hydrogens is 1400 g/mol. The number of carbonyl (C=O) groups excluding carboxylic acids is 1. The first-order valence-corrected chi connectivity index (χ1v) is 36.6. The van der Waals surface area contributed by atoms with Crippen molar-refractivity contribution >= 4 is 5.97 Å². The SMILES string of the molecule is CC1OC(OC2C(CO)OC(OC3C(O)C(C)OC(OC4C(OC(=O)C56CCC(C)(C)CC5C5=CCC7C8(C)CC(O)C(OC9OC(CO)C(O)C(O)C9OC9OCC(O)(CO)C9O)C(C)(CO)C8C(O)CC7(C)C5(C)CC6)OCC(O)C4O)C3O)C(OC3OCC(O)C(O)C3O)C2O)C(O)C(O)C1O. The van der Waals surface area contributed by atoms with Gasteiger partial charge in [-0.1, -0.05) is 53.2 Å². The maximum atomic E-state index is 15.7. The molecule has 7 saturated heterocycles. The summed E-state index contributed by atoms with van der Waals surface area (Å²) >= 11 is 0. The van der Waals surface area contributed by atoms with Crippen molar-refractivity contribution in [3.8, 4) is 0 Å². The molecule has 12 aliphatic rings. The number of aliphatic hydroxyl groups excluding tert-OH is 20. The third-order valence-corrected chi connectivity index (χ3v) is 26.6. The molecule has 36 heteroatoms. The molecule has 0 spiro atoms. The lowest BCUT2D eigenvalue weighted by Gasteiger charge is -2.72. The van der Waals surface area contributed by atoms with Crippen LogP contribution in [0.2, 0.25) is 0 Å². The Labute approximate surface area is 605 Å². The first kappa shape index (κ1) is 82.3. The van der Waals surface area contributed by atoms with Gasteiger partial charge in [0.2, 0.25) is 6.29 Å². The second-order valence-corrected chi connectivity index (χ2v) is 33.6. The van der Waals surface area contributed by atoms with Gasteiger partial charge in [0.25, 0.3) is 0 Å². The number of carbonyl (C=O) groups is 1. The smallest absolute Gasteiger partial charge is 0.315 e. The molecule has 21 N–H and O–H groups in total. The Balaban J connectivity index is 0.782. The van der Waals surface area contributed by atoms with Crippen LogP contribution >= 0.6 is 0 Å². The highest BCUT2D eigenvalue weighted by molar-refractivity contribution is 5.79. The molecule has 36 nitrogen and oxygen atoms in total. The maximum Gasteiger partial charge on any atom is 0.315 e. The predicted octanol–water partition coefficient (Wildman–Crippen LogP) is -7.67. The molecule has 7 aliphatic heterocycles. The van der Waals surface area contributed by atoms with Crippen LogP contribution in [0.1, 0.15) is 107 Å². The van der Waals surface area contributed by atoms with E-state index in [0.29, 0.717) is 32.1 Å². The molecule has 7 heterocycles. The Kier molecular flexibility index (Phi) is 24.0. The van der Waals surface area contributed by atoms with Crippen LogP contribution in [0.15, 0.2) is 11.6 Å². The van der Waals surface area contributed by atoms with Gasteiger partial charge in [-0.2, -0.15) is 0 Å². The fraction of sp³-hybridized carbons (Fsp3) is 0.957. The number of hydrogen-bond acceptors (Lipinski definition) is 36. The number of esters is 1. The predicted molar refractivity (Wildman–Crippen MR) is 344 cm³/mol. The first-order chi connectivity index (χ1) is 49.2. The molecule has 0 bridgehead atoms. The van der Waals surface area contributed by atoms with Gasteiger partial charge in [0.1, 0.15) is 128 Å². The van der Waals surface area contributed by atoms with Crippen LogP contribution in [0.5, 0.6) is 0 Å². The van der Waals surface area contributed by atoms with Crippen LogP contribution in [-0.4, -0.2) is 368 Å². The van der Waals surface area contributed by atoms with Gasteiger partial charge in [-0.05, 0) is 98.7 Å². The van der Waals surface area contributed by atoms with Crippen LogP contribution < -0.4 is 0 Å². The lowest BCUT2D eigenvalue weighted by Crippen LogP contribution is -2.72. The number of rotatable bonds is 18. The normalized spacial score (nSPS) is 55.8. The van der Waals surface area contributed by atoms with Crippen molar-refractivity contribution in [1.29, 1.82) is 0 Å². The van der Waals surface area contributed by atoms with E-state index in [1.807, 2.05) is 6.92 Å². The van der Waals surface area contributed by atoms with E-state index < -0.39 is 299 Å². The lowest BCUT2D eigenvalue weighted by atomic mass is 9.33. The zero-order chi connectivity index (χ0) is 76.7. The van der Waals surface area contributed by atoms with Gasteiger partial charge in [0.05, 0.1) is 82.2 Å². The van der Waals surface area contributed by atoms with Crippen molar-refractivity contribution in [2.24, 2.45) is 50.2 Å². The van der Waals surface area contributed by atoms with Crippen LogP contribution in [0, 0.1) is 50.2 Å². The molecule has 42 unspecified atom stereocenters. The molecule has 0 aromatic rings. The second-order valence-electron chi connectivity index (χ2n) is 33.6. The summed E-state index contributed by atoms with van der Waals surface area (Å²) in [5.41, 5.74) is -6.81. The minimum Gasteiger partial charge on any atom is -0.432 e. The van der Waals surface area contributed by atoms with E-state index in [0.717, 1.165) is 5.57 Å². The highest BCUT2D eigenvalue weighted by Gasteiger charge is 2.74. The summed E-state index contributed by atoms with van der Waals surface area (Å²) in [7, 11) is 0. The van der Waals surface area contributed by atoms with Crippen molar-refractivity contribution in [1.82, 2.24) is 0 Å². The second kappa shape index (κ2) is 30.6. The van der Waals surface area contributed by atoms with Gasteiger partial charge in [-0.25, -0.2) is 0 Å². The number of aliphatic hydroxyl groups is 21. The molecule has 0 radical (unpaired) electrons.